The molecule has 0 saturated heterocycles. The lowest BCUT2D eigenvalue weighted by Gasteiger charge is -2.02. The highest BCUT2D eigenvalue weighted by Crippen LogP contribution is 2.04. The Labute approximate surface area is 130 Å². The van der Waals surface area contributed by atoms with Crippen molar-refractivity contribution in [1.29, 1.82) is 0 Å². The summed E-state index contributed by atoms with van der Waals surface area (Å²) in [6.45, 7) is 4.14. The van der Waals surface area contributed by atoms with Crippen LogP contribution in [0.2, 0.25) is 0 Å². The third-order valence-corrected chi connectivity index (χ3v) is 2.75. The molecule has 0 amide bonds. The highest BCUT2D eigenvalue weighted by atomic mass is 16.6. The molecule has 6 heteroatoms. The Morgan fingerprint density at radius 3 is 1.55 bits per heavy atom. The van der Waals surface area contributed by atoms with E-state index in [4.69, 9.17) is 0 Å². The third-order valence-electron chi connectivity index (χ3n) is 2.75. The summed E-state index contributed by atoms with van der Waals surface area (Å²) in [4.78, 5) is 42.1. The molecule has 0 radical (unpaired) electrons. The van der Waals surface area contributed by atoms with Crippen LogP contribution in [0.1, 0.15) is 65.2 Å². The van der Waals surface area contributed by atoms with E-state index in [1.807, 2.05) is 0 Å². The molecule has 0 aromatic carbocycles. The van der Waals surface area contributed by atoms with Crippen molar-refractivity contribution in [1.82, 2.24) is 0 Å². The van der Waals surface area contributed by atoms with E-state index in [-0.39, 0.29) is 11.9 Å². The number of ether oxygens (including phenoxy) is 2. The molecule has 0 saturated carbocycles. The van der Waals surface area contributed by atoms with Crippen LogP contribution in [0.3, 0.4) is 0 Å². The van der Waals surface area contributed by atoms with Crippen molar-refractivity contribution in [3.63, 3.8) is 0 Å². The first-order valence-corrected chi connectivity index (χ1v) is 7.66. The molecule has 0 bridgehead atoms. The highest BCUT2D eigenvalue weighted by Gasteiger charge is 2.10. The molecule has 1 heterocycles. The number of hydrogen-bond acceptors (Lipinski definition) is 6. The first-order valence-electron chi connectivity index (χ1n) is 7.66. The van der Waals surface area contributed by atoms with Crippen LogP contribution in [0.4, 0.5) is 0 Å². The highest BCUT2D eigenvalue weighted by molar-refractivity contribution is 6.04. The molecule has 0 atom stereocenters. The largest absolute Gasteiger partial charge is 0.393 e. The summed E-state index contributed by atoms with van der Waals surface area (Å²) in [6, 6.07) is 0. The van der Waals surface area contributed by atoms with E-state index in [2.05, 4.69) is 23.3 Å². The second-order valence-corrected chi connectivity index (χ2v) is 4.83. The van der Waals surface area contributed by atoms with Gasteiger partial charge in [-0.05, 0) is 12.8 Å². The fourth-order valence-electron chi connectivity index (χ4n) is 1.57. The molecular formula is C16H24O6. The SMILES string of the molecule is CCCCCC(=O)OC(=O)CCCCC.O=C1C=CC(=O)O1. The van der Waals surface area contributed by atoms with E-state index in [9.17, 15) is 19.2 Å². The van der Waals surface area contributed by atoms with Gasteiger partial charge in [0, 0.05) is 25.0 Å². The minimum Gasteiger partial charge on any atom is -0.393 e. The Hall–Kier alpha value is -1.98. The first kappa shape index (κ1) is 20.0. The summed E-state index contributed by atoms with van der Waals surface area (Å²) in [7, 11) is 0. The molecule has 0 aliphatic carbocycles. The molecule has 0 aromatic heterocycles. The van der Waals surface area contributed by atoms with Gasteiger partial charge in [0.05, 0.1) is 0 Å². The standard InChI is InChI=1S/C12H22O3.C4H2O3/c1-3-5-7-9-11(13)15-12(14)10-8-6-4-2;5-3-1-2-4(6)7-3/h3-10H2,1-2H3;1-2H. The molecular weight excluding hydrogens is 288 g/mol. The van der Waals surface area contributed by atoms with Crippen LogP contribution >= 0.6 is 0 Å². The lowest BCUT2D eigenvalue weighted by atomic mass is 10.2. The Kier molecular flexibility index (Phi) is 11.6. The molecule has 0 fully saturated rings. The maximum absolute atomic E-state index is 11.1. The number of cyclic esters (lactones) is 2. The fourth-order valence-corrected chi connectivity index (χ4v) is 1.57. The lowest BCUT2D eigenvalue weighted by Crippen LogP contribution is -2.11. The van der Waals surface area contributed by atoms with Gasteiger partial charge in [0.2, 0.25) is 0 Å². The molecule has 6 nitrogen and oxygen atoms in total. The van der Waals surface area contributed by atoms with E-state index >= 15 is 0 Å². The van der Waals surface area contributed by atoms with Gasteiger partial charge >= 0.3 is 23.9 Å². The Bertz CT molecular complexity index is 375. The fraction of sp³-hybridized carbons (Fsp3) is 0.625. The second-order valence-electron chi connectivity index (χ2n) is 4.83. The van der Waals surface area contributed by atoms with Crippen LogP contribution in [0.5, 0.6) is 0 Å². The first-order chi connectivity index (χ1) is 10.5. The zero-order chi connectivity index (χ0) is 16.8. The Balaban J connectivity index is 0.000000518. The minimum atomic E-state index is -0.579. The Morgan fingerprint density at radius 2 is 1.27 bits per heavy atom. The maximum Gasteiger partial charge on any atom is 0.338 e. The van der Waals surface area contributed by atoms with Gasteiger partial charge in [-0.25, -0.2) is 9.59 Å². The van der Waals surface area contributed by atoms with E-state index < -0.39 is 11.9 Å². The summed E-state index contributed by atoms with van der Waals surface area (Å²) in [5, 5.41) is 0. The van der Waals surface area contributed by atoms with E-state index in [0.717, 1.165) is 50.7 Å². The van der Waals surface area contributed by atoms with Crippen LogP contribution in [-0.4, -0.2) is 23.9 Å². The van der Waals surface area contributed by atoms with Crippen LogP contribution in [0.25, 0.3) is 0 Å². The van der Waals surface area contributed by atoms with Gasteiger partial charge in [0.1, 0.15) is 0 Å². The third kappa shape index (κ3) is 11.8. The van der Waals surface area contributed by atoms with Crippen LogP contribution in [0.15, 0.2) is 12.2 Å². The molecule has 0 aromatic rings. The van der Waals surface area contributed by atoms with Gasteiger partial charge in [0.15, 0.2) is 0 Å². The minimum absolute atomic E-state index is 0.368. The summed E-state index contributed by atoms with van der Waals surface area (Å²) in [5.74, 6) is -1.90. The molecule has 0 unspecified atom stereocenters. The van der Waals surface area contributed by atoms with Crippen molar-refractivity contribution < 1.29 is 28.7 Å². The molecule has 0 N–H and O–H groups in total. The normalized spacial score (nSPS) is 12.5. The van der Waals surface area contributed by atoms with E-state index in [0.29, 0.717) is 12.8 Å². The van der Waals surface area contributed by atoms with Gasteiger partial charge < -0.3 is 9.47 Å². The van der Waals surface area contributed by atoms with Gasteiger partial charge in [0.25, 0.3) is 0 Å². The molecule has 1 aliphatic heterocycles. The van der Waals surface area contributed by atoms with Gasteiger partial charge in [-0.2, -0.15) is 0 Å². The van der Waals surface area contributed by atoms with Crippen LogP contribution < -0.4 is 0 Å². The Morgan fingerprint density at radius 1 is 0.864 bits per heavy atom. The molecule has 1 aliphatic rings. The average molecular weight is 312 g/mol. The zero-order valence-electron chi connectivity index (χ0n) is 13.3. The van der Waals surface area contributed by atoms with E-state index in [1.54, 1.807) is 0 Å². The predicted octanol–water partition coefficient (Wildman–Crippen LogP) is 2.84. The molecule has 124 valence electrons. The van der Waals surface area contributed by atoms with E-state index in [1.165, 1.54) is 0 Å². The zero-order valence-corrected chi connectivity index (χ0v) is 13.3. The van der Waals surface area contributed by atoms with Crippen molar-refractivity contribution in [2.24, 2.45) is 0 Å². The molecule has 0 spiro atoms. The monoisotopic (exact) mass is 312 g/mol. The number of carbonyl (C=O) groups is 4. The van der Waals surface area contributed by atoms with Crippen molar-refractivity contribution >= 4 is 23.9 Å². The summed E-state index contributed by atoms with van der Waals surface area (Å²) < 4.78 is 8.64. The number of unbranched alkanes of at least 4 members (excludes halogenated alkanes) is 4. The topological polar surface area (TPSA) is 86.7 Å². The maximum atomic E-state index is 11.1. The molecule has 1 rings (SSSR count). The van der Waals surface area contributed by atoms with Gasteiger partial charge in [-0.15, -0.1) is 0 Å². The van der Waals surface area contributed by atoms with Crippen molar-refractivity contribution in [3.05, 3.63) is 12.2 Å². The van der Waals surface area contributed by atoms with Crippen molar-refractivity contribution in [3.8, 4) is 0 Å². The average Bonchev–Trinajstić information content (AvgIpc) is 2.83. The lowest BCUT2D eigenvalue weighted by molar-refractivity contribution is -0.160. The van der Waals surface area contributed by atoms with Crippen LogP contribution in [-0.2, 0) is 28.7 Å². The second kappa shape index (κ2) is 12.7. The summed E-state index contributed by atoms with van der Waals surface area (Å²) in [5.41, 5.74) is 0. The number of carbonyl (C=O) groups excluding carboxylic acids is 4. The van der Waals surface area contributed by atoms with Crippen molar-refractivity contribution in [2.45, 2.75) is 65.2 Å². The summed E-state index contributed by atoms with van der Waals surface area (Å²) >= 11 is 0. The molecule has 22 heavy (non-hydrogen) atoms. The number of esters is 4. The summed E-state index contributed by atoms with van der Waals surface area (Å²) in [6.07, 6.45) is 8.70. The smallest absolute Gasteiger partial charge is 0.338 e. The number of hydrogen-bond donors (Lipinski definition) is 0. The van der Waals surface area contributed by atoms with Crippen LogP contribution in [0, 0.1) is 0 Å². The van der Waals surface area contributed by atoms with Crippen molar-refractivity contribution in [2.75, 3.05) is 0 Å². The number of rotatable bonds is 8. The quantitative estimate of drug-likeness (QED) is 0.389. The van der Waals surface area contributed by atoms with Gasteiger partial charge in [-0.1, -0.05) is 39.5 Å². The predicted molar refractivity (Wildman–Crippen MR) is 79.6 cm³/mol. The van der Waals surface area contributed by atoms with Gasteiger partial charge in [-0.3, -0.25) is 9.59 Å².